The Labute approximate surface area is 161 Å². The second kappa shape index (κ2) is 7.56. The van der Waals surface area contributed by atoms with E-state index in [1.54, 1.807) is 41.2 Å². The molecule has 4 nitrogen and oxygen atoms in total. The number of nitrogens with one attached hydrogen (secondary N) is 1. The van der Waals surface area contributed by atoms with Gasteiger partial charge in [0, 0.05) is 26.8 Å². The standard InChI is InChI=1S/C17H11BrCl2FN3O/c18-12-2-1-3-14(21)16(12)17(25)22-15-6-7-24(23-15)9-10-4-5-11(19)8-13(10)20/h1-8H,9H2,(H,22,23,25). The summed E-state index contributed by atoms with van der Waals surface area (Å²) in [5.41, 5.74) is 0.765. The number of hydrogen-bond acceptors (Lipinski definition) is 2. The van der Waals surface area contributed by atoms with Crippen molar-refractivity contribution < 1.29 is 9.18 Å². The predicted molar refractivity (Wildman–Crippen MR) is 99.8 cm³/mol. The topological polar surface area (TPSA) is 46.9 Å². The van der Waals surface area contributed by atoms with Gasteiger partial charge in [0.1, 0.15) is 5.82 Å². The molecular formula is C17H11BrCl2FN3O. The quantitative estimate of drug-likeness (QED) is 0.588. The van der Waals surface area contributed by atoms with Crippen molar-refractivity contribution in [2.24, 2.45) is 0 Å². The molecule has 0 bridgehead atoms. The summed E-state index contributed by atoms with van der Waals surface area (Å²) in [6, 6.07) is 11.2. The lowest BCUT2D eigenvalue weighted by atomic mass is 10.2. The lowest BCUT2D eigenvalue weighted by Crippen LogP contribution is -2.15. The van der Waals surface area contributed by atoms with Crippen molar-refractivity contribution in [3.05, 3.63) is 80.1 Å². The molecule has 2 aromatic carbocycles. The zero-order chi connectivity index (χ0) is 18.0. The van der Waals surface area contributed by atoms with Crippen molar-refractivity contribution in [1.82, 2.24) is 9.78 Å². The summed E-state index contributed by atoms with van der Waals surface area (Å²) >= 11 is 15.2. The van der Waals surface area contributed by atoms with E-state index in [9.17, 15) is 9.18 Å². The average molecular weight is 443 g/mol. The van der Waals surface area contributed by atoms with E-state index in [2.05, 4.69) is 26.3 Å². The maximum absolute atomic E-state index is 13.8. The maximum Gasteiger partial charge on any atom is 0.260 e. The molecule has 1 aromatic heterocycles. The highest BCUT2D eigenvalue weighted by Gasteiger charge is 2.16. The Morgan fingerprint density at radius 2 is 2.04 bits per heavy atom. The van der Waals surface area contributed by atoms with E-state index in [4.69, 9.17) is 23.2 Å². The zero-order valence-electron chi connectivity index (χ0n) is 12.6. The summed E-state index contributed by atoms with van der Waals surface area (Å²) in [5, 5.41) is 7.91. The van der Waals surface area contributed by atoms with Crippen molar-refractivity contribution in [2.75, 3.05) is 5.32 Å². The summed E-state index contributed by atoms with van der Waals surface area (Å²) < 4.78 is 15.8. The van der Waals surface area contributed by atoms with Crippen molar-refractivity contribution in [3.8, 4) is 0 Å². The van der Waals surface area contributed by atoms with Crippen LogP contribution in [0.15, 0.2) is 53.1 Å². The Kier molecular flexibility index (Phi) is 5.42. The molecule has 0 atom stereocenters. The number of halogens is 4. The minimum Gasteiger partial charge on any atom is -0.305 e. The predicted octanol–water partition coefficient (Wildman–Crippen LogP) is 5.39. The van der Waals surface area contributed by atoms with Crippen LogP contribution in [-0.2, 0) is 6.54 Å². The van der Waals surface area contributed by atoms with Crippen LogP contribution in [-0.4, -0.2) is 15.7 Å². The number of carbonyl (C=O) groups excluding carboxylic acids is 1. The molecule has 3 aromatic rings. The Hall–Kier alpha value is -1.89. The highest BCUT2D eigenvalue weighted by Crippen LogP contribution is 2.23. The lowest BCUT2D eigenvalue weighted by Gasteiger charge is -2.06. The van der Waals surface area contributed by atoms with E-state index < -0.39 is 11.7 Å². The number of nitrogens with zero attached hydrogens (tertiary/aromatic N) is 2. The van der Waals surface area contributed by atoms with Gasteiger partial charge in [0.15, 0.2) is 5.82 Å². The van der Waals surface area contributed by atoms with E-state index >= 15 is 0 Å². The highest BCUT2D eigenvalue weighted by atomic mass is 79.9. The lowest BCUT2D eigenvalue weighted by molar-refractivity contribution is 0.102. The fraction of sp³-hybridized carbons (Fsp3) is 0.0588. The minimum atomic E-state index is -0.612. The summed E-state index contributed by atoms with van der Waals surface area (Å²) in [7, 11) is 0. The minimum absolute atomic E-state index is 0.0715. The van der Waals surface area contributed by atoms with Crippen molar-refractivity contribution in [2.45, 2.75) is 6.54 Å². The van der Waals surface area contributed by atoms with Gasteiger partial charge in [0.05, 0.1) is 12.1 Å². The molecule has 0 aliphatic rings. The molecule has 0 aliphatic heterocycles. The number of rotatable bonds is 4. The monoisotopic (exact) mass is 441 g/mol. The summed E-state index contributed by atoms with van der Waals surface area (Å²) in [6.07, 6.45) is 1.69. The van der Waals surface area contributed by atoms with E-state index in [-0.39, 0.29) is 5.56 Å². The first-order chi connectivity index (χ1) is 11.9. The van der Waals surface area contributed by atoms with E-state index in [1.807, 2.05) is 0 Å². The Balaban J connectivity index is 1.74. The normalized spacial score (nSPS) is 10.7. The second-order valence-electron chi connectivity index (χ2n) is 5.19. The van der Waals surface area contributed by atoms with Crippen LogP contribution in [0.4, 0.5) is 10.2 Å². The molecule has 128 valence electrons. The summed E-state index contributed by atoms with van der Waals surface area (Å²) in [5.74, 6) is -0.885. The van der Waals surface area contributed by atoms with Gasteiger partial charge >= 0.3 is 0 Å². The van der Waals surface area contributed by atoms with E-state index in [0.29, 0.717) is 26.9 Å². The van der Waals surface area contributed by atoms with Crippen molar-refractivity contribution in [1.29, 1.82) is 0 Å². The molecule has 1 heterocycles. The smallest absolute Gasteiger partial charge is 0.260 e. The SMILES string of the molecule is O=C(Nc1ccn(Cc2ccc(Cl)cc2Cl)n1)c1c(F)cccc1Br. The van der Waals surface area contributed by atoms with E-state index in [1.165, 1.54) is 12.1 Å². The van der Waals surface area contributed by atoms with Crippen LogP contribution in [0.2, 0.25) is 10.0 Å². The number of anilines is 1. The Morgan fingerprint density at radius 1 is 1.24 bits per heavy atom. The van der Waals surface area contributed by atoms with Gasteiger partial charge in [-0.1, -0.05) is 35.3 Å². The average Bonchev–Trinajstić information content (AvgIpc) is 2.97. The maximum atomic E-state index is 13.8. The van der Waals surface area contributed by atoms with Crippen LogP contribution in [0, 0.1) is 5.82 Å². The van der Waals surface area contributed by atoms with E-state index in [0.717, 1.165) is 5.56 Å². The van der Waals surface area contributed by atoms with Gasteiger partial charge in [0.25, 0.3) is 5.91 Å². The molecular weight excluding hydrogens is 432 g/mol. The molecule has 0 aliphatic carbocycles. The van der Waals surface area contributed by atoms with Gasteiger partial charge in [-0.15, -0.1) is 0 Å². The third kappa shape index (κ3) is 4.21. The number of hydrogen-bond donors (Lipinski definition) is 1. The molecule has 0 saturated carbocycles. The number of amides is 1. The zero-order valence-corrected chi connectivity index (χ0v) is 15.7. The van der Waals surface area contributed by atoms with Crippen LogP contribution in [0.5, 0.6) is 0 Å². The molecule has 1 N–H and O–H groups in total. The highest BCUT2D eigenvalue weighted by molar-refractivity contribution is 9.10. The first-order valence-electron chi connectivity index (χ1n) is 7.17. The van der Waals surface area contributed by atoms with Gasteiger partial charge in [-0.25, -0.2) is 4.39 Å². The summed E-state index contributed by atoms with van der Waals surface area (Å²) in [4.78, 5) is 12.2. The molecule has 25 heavy (non-hydrogen) atoms. The van der Waals surface area contributed by atoms with Crippen LogP contribution in [0.3, 0.4) is 0 Å². The van der Waals surface area contributed by atoms with Crippen LogP contribution < -0.4 is 5.32 Å². The molecule has 0 unspecified atom stereocenters. The van der Waals surface area contributed by atoms with Gasteiger partial charge in [0.2, 0.25) is 0 Å². The molecule has 0 saturated heterocycles. The first kappa shape index (κ1) is 17.9. The number of carbonyl (C=O) groups is 1. The van der Waals surface area contributed by atoms with Crippen LogP contribution in [0.25, 0.3) is 0 Å². The van der Waals surface area contributed by atoms with Gasteiger partial charge in [-0.05, 0) is 45.8 Å². The third-order valence-corrected chi connectivity index (χ3v) is 4.67. The van der Waals surface area contributed by atoms with Crippen LogP contribution in [0.1, 0.15) is 15.9 Å². The van der Waals surface area contributed by atoms with Gasteiger partial charge in [-0.2, -0.15) is 5.10 Å². The van der Waals surface area contributed by atoms with Crippen molar-refractivity contribution in [3.63, 3.8) is 0 Å². The molecule has 8 heteroatoms. The Bertz CT molecular complexity index is 925. The largest absolute Gasteiger partial charge is 0.305 e. The molecule has 0 radical (unpaired) electrons. The third-order valence-electron chi connectivity index (χ3n) is 3.42. The second-order valence-corrected chi connectivity index (χ2v) is 6.88. The molecule has 1 amide bonds. The summed E-state index contributed by atoms with van der Waals surface area (Å²) in [6.45, 7) is 0.412. The fourth-order valence-electron chi connectivity index (χ4n) is 2.23. The number of aromatic nitrogens is 2. The fourth-order valence-corrected chi connectivity index (χ4v) is 3.22. The molecule has 0 spiro atoms. The van der Waals surface area contributed by atoms with Crippen molar-refractivity contribution >= 4 is 50.9 Å². The molecule has 3 rings (SSSR count). The number of benzene rings is 2. The first-order valence-corrected chi connectivity index (χ1v) is 8.71. The van der Waals surface area contributed by atoms with Gasteiger partial charge in [-0.3, -0.25) is 9.48 Å². The van der Waals surface area contributed by atoms with Crippen LogP contribution >= 0.6 is 39.1 Å². The molecule has 0 fully saturated rings. The van der Waals surface area contributed by atoms with Gasteiger partial charge < -0.3 is 5.32 Å². The Morgan fingerprint density at radius 3 is 2.76 bits per heavy atom.